The minimum atomic E-state index is -0.921. The summed E-state index contributed by atoms with van der Waals surface area (Å²) in [5.74, 6) is -0.444. The van der Waals surface area contributed by atoms with Crippen LogP contribution >= 0.6 is 0 Å². The summed E-state index contributed by atoms with van der Waals surface area (Å²) in [5.41, 5.74) is 2.07. The van der Waals surface area contributed by atoms with Gasteiger partial charge in [-0.3, -0.25) is 4.79 Å². The van der Waals surface area contributed by atoms with Gasteiger partial charge in [-0.15, -0.1) is 0 Å². The lowest BCUT2D eigenvalue weighted by atomic mass is 10.1. The summed E-state index contributed by atoms with van der Waals surface area (Å²) in [4.78, 5) is 22.7. The van der Waals surface area contributed by atoms with E-state index in [-0.39, 0.29) is 17.3 Å². The molecule has 0 spiro atoms. The first-order valence-electron chi connectivity index (χ1n) is 6.66. The molecule has 1 N–H and O–H groups in total. The number of benzene rings is 1. The van der Waals surface area contributed by atoms with Gasteiger partial charge >= 0.3 is 5.97 Å². The summed E-state index contributed by atoms with van der Waals surface area (Å²) < 4.78 is 1.95. The maximum atomic E-state index is 11.9. The largest absolute Gasteiger partial charge is 0.478 e. The normalized spacial score (nSPS) is 14.2. The summed E-state index contributed by atoms with van der Waals surface area (Å²) in [7, 11) is 0. The minimum Gasteiger partial charge on any atom is -0.478 e. The number of aromatic nitrogens is 1. The molecule has 1 aromatic heterocycles. The summed E-state index contributed by atoms with van der Waals surface area (Å²) in [6.45, 7) is 0.637. The van der Waals surface area contributed by atoms with Crippen LogP contribution in [0.2, 0.25) is 0 Å². The van der Waals surface area contributed by atoms with E-state index in [1.54, 1.807) is 24.3 Å². The van der Waals surface area contributed by atoms with E-state index >= 15 is 0 Å². The molecule has 0 unspecified atom stereocenters. The fraction of sp³-hybridized carbons (Fsp3) is 0.250. The average Bonchev–Trinajstić information content (AvgIpc) is 3.19. The lowest BCUT2D eigenvalue weighted by Crippen LogP contribution is -2.01. The van der Waals surface area contributed by atoms with Crippen molar-refractivity contribution < 1.29 is 14.7 Å². The van der Waals surface area contributed by atoms with Gasteiger partial charge in [-0.05, 0) is 36.6 Å². The predicted molar refractivity (Wildman–Crippen MR) is 74.0 cm³/mol. The van der Waals surface area contributed by atoms with Crippen molar-refractivity contribution in [1.82, 2.24) is 4.57 Å². The average molecular weight is 269 g/mol. The molecule has 1 fully saturated rings. The molecule has 2 aromatic rings. The lowest BCUT2D eigenvalue weighted by molar-refractivity contribution is 0.0696. The number of Topliss-reactive ketones (excluding diaryl/α,β-unsaturated/α-hetero) is 1. The smallest absolute Gasteiger partial charge is 0.335 e. The second-order valence-corrected chi connectivity index (χ2v) is 5.21. The van der Waals surface area contributed by atoms with Crippen molar-refractivity contribution in [1.29, 1.82) is 0 Å². The number of hydrogen-bond donors (Lipinski definition) is 1. The summed E-state index contributed by atoms with van der Waals surface area (Å²) in [6.07, 6.45) is 5.79. The van der Waals surface area contributed by atoms with Gasteiger partial charge < -0.3 is 9.67 Å². The van der Waals surface area contributed by atoms with Crippen LogP contribution in [0.25, 0.3) is 0 Å². The second-order valence-electron chi connectivity index (χ2n) is 5.21. The van der Waals surface area contributed by atoms with E-state index in [2.05, 4.69) is 0 Å². The van der Waals surface area contributed by atoms with Crippen LogP contribution in [-0.2, 0) is 6.54 Å². The van der Waals surface area contributed by atoms with Gasteiger partial charge in [-0.25, -0.2) is 4.79 Å². The second kappa shape index (κ2) is 4.96. The van der Waals surface area contributed by atoms with E-state index in [4.69, 9.17) is 5.11 Å². The monoisotopic (exact) mass is 269 g/mol. The van der Waals surface area contributed by atoms with Gasteiger partial charge in [0, 0.05) is 30.4 Å². The molecule has 0 bridgehead atoms. The Kier molecular flexibility index (Phi) is 3.14. The van der Waals surface area contributed by atoms with Crippen molar-refractivity contribution in [3.05, 3.63) is 59.4 Å². The Labute approximate surface area is 116 Å². The highest BCUT2D eigenvalue weighted by molar-refractivity contribution is 5.99. The Hall–Kier alpha value is -2.36. The fourth-order valence-corrected chi connectivity index (χ4v) is 2.23. The van der Waals surface area contributed by atoms with E-state index in [0.717, 1.165) is 24.0 Å². The van der Waals surface area contributed by atoms with Crippen LogP contribution in [0, 0.1) is 5.92 Å². The zero-order chi connectivity index (χ0) is 14.1. The topological polar surface area (TPSA) is 59.3 Å². The molecule has 102 valence electrons. The van der Waals surface area contributed by atoms with Gasteiger partial charge in [-0.2, -0.15) is 0 Å². The first kappa shape index (κ1) is 12.7. The van der Waals surface area contributed by atoms with Crippen LogP contribution in [-0.4, -0.2) is 21.4 Å². The molecule has 0 amide bonds. The van der Waals surface area contributed by atoms with Crippen molar-refractivity contribution in [3.8, 4) is 0 Å². The van der Waals surface area contributed by atoms with Gasteiger partial charge in [0.2, 0.25) is 0 Å². The zero-order valence-corrected chi connectivity index (χ0v) is 11.0. The standard InChI is InChI=1S/C16H15NO3/c18-15(12-5-6-12)14-7-8-17(10-14)9-11-1-3-13(4-2-11)16(19)20/h1-4,7-8,10,12H,5-6,9H2,(H,19,20). The van der Waals surface area contributed by atoms with E-state index in [0.29, 0.717) is 6.54 Å². The number of carbonyl (C=O) groups is 2. The molecule has 1 aromatic carbocycles. The Morgan fingerprint density at radius 1 is 1.10 bits per heavy atom. The quantitative estimate of drug-likeness (QED) is 0.849. The number of carbonyl (C=O) groups excluding carboxylic acids is 1. The number of nitrogens with zero attached hydrogens (tertiary/aromatic N) is 1. The molecular weight excluding hydrogens is 254 g/mol. The van der Waals surface area contributed by atoms with Crippen LogP contribution in [0.1, 0.15) is 39.1 Å². The molecule has 0 atom stereocenters. The summed E-state index contributed by atoms with van der Waals surface area (Å²) >= 11 is 0. The predicted octanol–water partition coefficient (Wildman–Crippen LogP) is 2.83. The van der Waals surface area contributed by atoms with Crippen LogP contribution < -0.4 is 0 Å². The summed E-state index contributed by atoms with van der Waals surface area (Å²) in [5, 5.41) is 8.85. The number of carboxylic acid groups (broad SMARTS) is 1. The van der Waals surface area contributed by atoms with Crippen molar-refractivity contribution in [2.45, 2.75) is 19.4 Å². The van der Waals surface area contributed by atoms with Gasteiger partial charge in [0.05, 0.1) is 5.56 Å². The maximum Gasteiger partial charge on any atom is 0.335 e. The number of aromatic carboxylic acids is 1. The lowest BCUT2D eigenvalue weighted by Gasteiger charge is -2.03. The molecule has 4 heteroatoms. The maximum absolute atomic E-state index is 11.9. The van der Waals surface area contributed by atoms with Crippen molar-refractivity contribution in [2.24, 2.45) is 5.92 Å². The van der Waals surface area contributed by atoms with Crippen LogP contribution in [0.15, 0.2) is 42.7 Å². The molecule has 1 saturated carbocycles. The third-order valence-corrected chi connectivity index (χ3v) is 3.55. The fourth-order valence-electron chi connectivity index (χ4n) is 2.23. The van der Waals surface area contributed by atoms with Crippen molar-refractivity contribution >= 4 is 11.8 Å². The molecule has 0 aliphatic heterocycles. The molecule has 4 nitrogen and oxygen atoms in total. The van der Waals surface area contributed by atoms with Gasteiger partial charge in [-0.1, -0.05) is 12.1 Å². The molecular formula is C16H15NO3. The Balaban J connectivity index is 1.71. The minimum absolute atomic E-state index is 0.237. The summed E-state index contributed by atoms with van der Waals surface area (Å²) in [6, 6.07) is 8.64. The highest BCUT2D eigenvalue weighted by Crippen LogP contribution is 2.32. The van der Waals surface area contributed by atoms with Crippen LogP contribution in [0.5, 0.6) is 0 Å². The number of hydrogen-bond acceptors (Lipinski definition) is 2. The highest BCUT2D eigenvalue weighted by atomic mass is 16.4. The highest BCUT2D eigenvalue weighted by Gasteiger charge is 2.30. The third-order valence-electron chi connectivity index (χ3n) is 3.55. The molecule has 0 radical (unpaired) electrons. The van der Waals surface area contributed by atoms with Gasteiger partial charge in [0.25, 0.3) is 0 Å². The van der Waals surface area contributed by atoms with E-state index < -0.39 is 5.97 Å². The number of ketones is 1. The van der Waals surface area contributed by atoms with E-state index in [1.807, 2.05) is 23.0 Å². The van der Waals surface area contributed by atoms with Crippen LogP contribution in [0.3, 0.4) is 0 Å². The first-order chi connectivity index (χ1) is 9.63. The zero-order valence-electron chi connectivity index (χ0n) is 11.0. The van der Waals surface area contributed by atoms with Crippen LogP contribution in [0.4, 0.5) is 0 Å². The first-order valence-corrected chi connectivity index (χ1v) is 6.66. The third kappa shape index (κ3) is 2.64. The molecule has 0 saturated heterocycles. The number of carboxylic acids is 1. The van der Waals surface area contributed by atoms with E-state index in [1.165, 1.54) is 0 Å². The molecule has 1 aliphatic carbocycles. The molecule has 20 heavy (non-hydrogen) atoms. The molecule has 1 heterocycles. The Bertz CT molecular complexity index is 651. The Morgan fingerprint density at radius 2 is 1.80 bits per heavy atom. The Morgan fingerprint density at radius 3 is 2.40 bits per heavy atom. The van der Waals surface area contributed by atoms with Gasteiger partial charge in [0.15, 0.2) is 5.78 Å². The molecule has 1 aliphatic rings. The molecule has 3 rings (SSSR count). The van der Waals surface area contributed by atoms with Crippen molar-refractivity contribution in [3.63, 3.8) is 0 Å². The SMILES string of the molecule is O=C(O)c1ccc(Cn2ccc(C(=O)C3CC3)c2)cc1. The van der Waals surface area contributed by atoms with E-state index in [9.17, 15) is 9.59 Å². The number of rotatable bonds is 5. The van der Waals surface area contributed by atoms with Gasteiger partial charge in [0.1, 0.15) is 0 Å². The van der Waals surface area contributed by atoms with Crippen molar-refractivity contribution in [2.75, 3.05) is 0 Å².